The molecule has 4 aromatic rings. The average Bonchev–Trinajstić information content (AvgIpc) is 3.71. The number of hydrogen-bond donors (Lipinski definition) is 1. The number of benzene rings is 2. The van der Waals surface area contributed by atoms with Crippen LogP contribution in [0.2, 0.25) is 0 Å². The highest BCUT2D eigenvalue weighted by Crippen LogP contribution is 2.37. The summed E-state index contributed by atoms with van der Waals surface area (Å²) in [5.74, 6) is 2.20. The van der Waals surface area contributed by atoms with Crippen LogP contribution in [-0.4, -0.2) is 55.3 Å². The van der Waals surface area contributed by atoms with E-state index in [-0.39, 0.29) is 0 Å². The number of allylic oxidation sites excluding steroid dienone is 1. The number of aryl methyl sites for hydroxylation is 2. The molecule has 2 aromatic heterocycles. The average molecular weight is 499 g/mol. The van der Waals surface area contributed by atoms with Gasteiger partial charge in [0.05, 0.1) is 25.0 Å². The van der Waals surface area contributed by atoms with E-state index in [1.165, 1.54) is 41.9 Å². The van der Waals surface area contributed by atoms with E-state index < -0.39 is 0 Å². The zero-order valence-corrected chi connectivity index (χ0v) is 21.4. The highest BCUT2D eigenvalue weighted by atomic mass is 15.5. The summed E-state index contributed by atoms with van der Waals surface area (Å²) in [5, 5.41) is 9.02. The molecular weight excluding hydrogens is 469 g/mol. The van der Waals surface area contributed by atoms with Crippen molar-refractivity contribution in [3.05, 3.63) is 113 Å². The van der Waals surface area contributed by atoms with E-state index in [4.69, 9.17) is 5.73 Å². The standard InChI is InChI=1S/C30H29BN7/c32-24-12-10-23(11-13-24)30-26-15-17-28(35-19-5-2-6-20-35)37(26)31-38-27(30)16-18-29(38)36-21-25(33-34-36)14-9-22-7-3-1-4-8-22/h1,3-4,7-8,10-13,15-18,21,32H,2,5-6,9,14,19-20H2/p+1. The first-order chi connectivity index (χ1) is 18.7. The summed E-state index contributed by atoms with van der Waals surface area (Å²) < 4.78 is 6.65. The lowest BCUT2D eigenvalue weighted by Gasteiger charge is -2.27. The summed E-state index contributed by atoms with van der Waals surface area (Å²) in [4.78, 5) is 2.33. The van der Waals surface area contributed by atoms with Crippen molar-refractivity contribution >= 4 is 24.6 Å². The number of anilines is 1. The lowest BCUT2D eigenvalue weighted by Crippen LogP contribution is -2.43. The molecule has 7 nitrogen and oxygen atoms in total. The van der Waals surface area contributed by atoms with Crippen molar-refractivity contribution in [2.45, 2.75) is 32.1 Å². The van der Waals surface area contributed by atoms with E-state index in [1.54, 1.807) is 0 Å². The maximum Gasteiger partial charge on any atom is 0.553 e. The molecule has 187 valence electrons. The van der Waals surface area contributed by atoms with Crippen LogP contribution in [0.5, 0.6) is 0 Å². The summed E-state index contributed by atoms with van der Waals surface area (Å²) in [5.41, 5.74) is 13.7. The highest BCUT2D eigenvalue weighted by molar-refractivity contribution is 6.40. The Balaban J connectivity index is 1.27. The van der Waals surface area contributed by atoms with Crippen molar-refractivity contribution in [2.75, 3.05) is 18.8 Å². The van der Waals surface area contributed by atoms with Crippen molar-refractivity contribution in [1.82, 2.24) is 24.3 Å². The zero-order valence-electron chi connectivity index (χ0n) is 21.4. The Bertz CT molecular complexity index is 1570. The van der Waals surface area contributed by atoms with Gasteiger partial charge in [-0.05, 0) is 73.6 Å². The predicted molar refractivity (Wildman–Crippen MR) is 151 cm³/mol. The van der Waals surface area contributed by atoms with Crippen molar-refractivity contribution in [2.24, 2.45) is 0 Å². The first-order valence-corrected chi connectivity index (χ1v) is 13.5. The molecule has 0 atom stereocenters. The first-order valence-electron chi connectivity index (χ1n) is 13.5. The van der Waals surface area contributed by atoms with Gasteiger partial charge >= 0.3 is 7.55 Å². The molecule has 1 saturated heterocycles. The molecule has 8 heteroatoms. The minimum absolute atomic E-state index is 0.767. The second kappa shape index (κ2) is 9.52. The lowest BCUT2D eigenvalue weighted by atomic mass is 9.91. The fourth-order valence-corrected chi connectivity index (χ4v) is 5.73. The molecule has 38 heavy (non-hydrogen) atoms. The smallest absolute Gasteiger partial charge is 0.399 e. The topological polar surface area (TPSA) is 67.9 Å². The van der Waals surface area contributed by atoms with Gasteiger partial charge in [0, 0.05) is 23.0 Å². The van der Waals surface area contributed by atoms with Crippen molar-refractivity contribution < 1.29 is 4.58 Å². The van der Waals surface area contributed by atoms with Gasteiger partial charge in [-0.15, -0.1) is 5.10 Å². The van der Waals surface area contributed by atoms with Gasteiger partial charge in [0.2, 0.25) is 0 Å². The van der Waals surface area contributed by atoms with Crippen LogP contribution in [0.4, 0.5) is 5.69 Å². The zero-order chi connectivity index (χ0) is 25.5. The maximum absolute atomic E-state index is 6.04. The van der Waals surface area contributed by atoms with Crippen molar-refractivity contribution in [3.8, 4) is 5.82 Å². The Kier molecular flexibility index (Phi) is 5.72. The Morgan fingerprint density at radius 1 is 0.868 bits per heavy atom. The summed E-state index contributed by atoms with van der Waals surface area (Å²) in [7, 11) is 2.20. The number of rotatable bonds is 5. The number of hydrogen-bond acceptors (Lipinski definition) is 3. The number of nitrogen functional groups attached to an aromatic ring is 1. The number of piperidine rings is 1. The minimum atomic E-state index is 0.767. The van der Waals surface area contributed by atoms with Gasteiger partial charge < -0.3 is 10.2 Å². The molecule has 0 spiro atoms. The van der Waals surface area contributed by atoms with Crippen LogP contribution >= 0.6 is 0 Å². The molecule has 7 rings (SSSR count). The van der Waals surface area contributed by atoms with Crippen LogP contribution in [0, 0.1) is 0 Å². The van der Waals surface area contributed by atoms with Crippen LogP contribution < -0.4 is 5.73 Å². The Labute approximate surface area is 223 Å². The molecule has 2 N–H and O–H groups in total. The molecule has 3 aliphatic rings. The predicted octanol–water partition coefficient (Wildman–Crippen LogP) is 4.06. The minimum Gasteiger partial charge on any atom is -0.399 e. The lowest BCUT2D eigenvalue weighted by molar-refractivity contribution is -0.539. The molecule has 0 saturated carbocycles. The number of aromatic nitrogens is 4. The Morgan fingerprint density at radius 3 is 2.50 bits per heavy atom. The van der Waals surface area contributed by atoms with Gasteiger partial charge in [-0.3, -0.25) is 9.39 Å². The van der Waals surface area contributed by atoms with Crippen molar-refractivity contribution in [1.29, 1.82) is 0 Å². The van der Waals surface area contributed by atoms with Crippen LogP contribution in [0.1, 0.15) is 41.8 Å². The van der Waals surface area contributed by atoms with Gasteiger partial charge in [0.1, 0.15) is 11.5 Å². The fourth-order valence-electron chi connectivity index (χ4n) is 5.73. The SMILES string of the molecule is Nc1ccc(C2=C3C=CC(=[N+]4CCCCC4)N3[B]n3c2ccc3-n2cc(CCc3ccccc3)nn2)cc1. The fraction of sp³-hybridized carbons (Fsp3) is 0.233. The molecule has 1 fully saturated rings. The first kappa shape index (κ1) is 22.8. The van der Waals surface area contributed by atoms with E-state index in [0.29, 0.717) is 0 Å². The molecule has 3 aliphatic heterocycles. The van der Waals surface area contributed by atoms with Crippen LogP contribution in [0.25, 0.3) is 11.4 Å². The van der Waals surface area contributed by atoms with Crippen LogP contribution in [0.3, 0.4) is 0 Å². The summed E-state index contributed by atoms with van der Waals surface area (Å²) in [6.07, 6.45) is 12.1. The highest BCUT2D eigenvalue weighted by Gasteiger charge is 2.40. The normalized spacial score (nSPS) is 16.6. The third-order valence-electron chi connectivity index (χ3n) is 7.70. The number of nitrogens with zero attached hydrogens (tertiary/aromatic N) is 6. The van der Waals surface area contributed by atoms with Gasteiger partial charge in [0.15, 0.2) is 0 Å². The third-order valence-corrected chi connectivity index (χ3v) is 7.70. The summed E-state index contributed by atoms with van der Waals surface area (Å²) >= 11 is 0. The molecular formula is C30H30BN7+. The van der Waals surface area contributed by atoms with E-state index >= 15 is 0 Å². The maximum atomic E-state index is 6.04. The second-order valence-corrected chi connectivity index (χ2v) is 10.2. The molecule has 0 bridgehead atoms. The molecule has 0 aliphatic carbocycles. The summed E-state index contributed by atoms with van der Waals surface area (Å²) in [6.45, 7) is 2.18. The van der Waals surface area contributed by atoms with E-state index in [2.05, 4.69) is 105 Å². The molecule has 1 radical (unpaired) electrons. The molecule has 5 heterocycles. The van der Waals surface area contributed by atoms with E-state index in [0.717, 1.165) is 54.4 Å². The molecule has 2 aromatic carbocycles. The monoisotopic (exact) mass is 499 g/mol. The Morgan fingerprint density at radius 2 is 1.68 bits per heavy atom. The van der Waals surface area contributed by atoms with Gasteiger partial charge in [0.25, 0.3) is 5.84 Å². The van der Waals surface area contributed by atoms with E-state index in [1.807, 2.05) is 16.8 Å². The van der Waals surface area contributed by atoms with Gasteiger partial charge in [-0.2, -0.15) is 0 Å². The largest absolute Gasteiger partial charge is 0.553 e. The molecule has 0 unspecified atom stereocenters. The number of fused-ring (bicyclic) bond motifs is 2. The van der Waals surface area contributed by atoms with Crippen LogP contribution in [-0.2, 0) is 12.8 Å². The van der Waals surface area contributed by atoms with E-state index in [9.17, 15) is 0 Å². The van der Waals surface area contributed by atoms with Crippen LogP contribution in [0.15, 0.2) is 90.8 Å². The third kappa shape index (κ3) is 4.06. The molecule has 0 amide bonds. The quantitative estimate of drug-likeness (QED) is 0.256. The van der Waals surface area contributed by atoms with Gasteiger partial charge in [-0.25, -0.2) is 4.68 Å². The second-order valence-electron chi connectivity index (χ2n) is 10.2. The Hall–Kier alpha value is -4.33. The number of nitrogens with two attached hydrogens (primary N) is 1. The van der Waals surface area contributed by atoms with Gasteiger partial charge in [-0.1, -0.05) is 47.7 Å². The van der Waals surface area contributed by atoms with Crippen molar-refractivity contribution in [3.63, 3.8) is 0 Å². The summed E-state index contributed by atoms with van der Waals surface area (Å²) in [6, 6.07) is 23.0. The number of amidine groups is 1.